The highest BCUT2D eigenvalue weighted by atomic mass is 32.1. The maximum Gasteiger partial charge on any atom is 0.289 e. The van der Waals surface area contributed by atoms with Crippen molar-refractivity contribution in [3.8, 4) is 0 Å². The molecule has 0 aliphatic rings. The van der Waals surface area contributed by atoms with Gasteiger partial charge in [0, 0.05) is 0 Å². The highest BCUT2D eigenvalue weighted by Gasteiger charge is 2.14. The average Bonchev–Trinajstić information content (AvgIpc) is 2.85. The van der Waals surface area contributed by atoms with Gasteiger partial charge in [0.05, 0.1) is 11.4 Å². The third kappa shape index (κ3) is 2.99. The fraction of sp³-hybridized carbons (Fsp3) is 0.400. The molecule has 9 heteroatoms. The number of carbonyl (C=O) groups is 1. The van der Waals surface area contributed by atoms with Crippen molar-refractivity contribution in [1.82, 2.24) is 25.4 Å². The topological polar surface area (TPSA) is 120 Å². The molecule has 2 aromatic heterocycles. The van der Waals surface area contributed by atoms with Crippen LogP contribution in [0.25, 0.3) is 0 Å². The van der Waals surface area contributed by atoms with Crippen LogP contribution in [0.15, 0.2) is 0 Å². The first kappa shape index (κ1) is 13.3. The zero-order valence-electron chi connectivity index (χ0n) is 10.5. The van der Waals surface area contributed by atoms with Gasteiger partial charge in [-0.3, -0.25) is 10.1 Å². The SMILES string of the molecule is CCc1nnc(NC(=O)c2nnc(N)s2)nc1CC. The molecule has 0 spiro atoms. The van der Waals surface area contributed by atoms with Crippen molar-refractivity contribution in [3.05, 3.63) is 16.4 Å². The van der Waals surface area contributed by atoms with Gasteiger partial charge in [-0.25, -0.2) is 4.98 Å². The number of rotatable bonds is 4. The lowest BCUT2D eigenvalue weighted by Crippen LogP contribution is -2.16. The molecule has 0 saturated heterocycles. The maximum atomic E-state index is 11.8. The Kier molecular flexibility index (Phi) is 3.95. The Balaban J connectivity index is 2.17. The van der Waals surface area contributed by atoms with Gasteiger partial charge in [0.15, 0.2) is 0 Å². The Hall–Kier alpha value is -2.16. The lowest BCUT2D eigenvalue weighted by Gasteiger charge is -2.05. The van der Waals surface area contributed by atoms with Crippen LogP contribution < -0.4 is 11.1 Å². The van der Waals surface area contributed by atoms with Crippen molar-refractivity contribution in [1.29, 1.82) is 0 Å². The number of nitrogens with one attached hydrogen (secondary N) is 1. The minimum Gasteiger partial charge on any atom is -0.374 e. The molecule has 0 unspecified atom stereocenters. The number of hydrogen-bond acceptors (Lipinski definition) is 8. The van der Waals surface area contributed by atoms with Gasteiger partial charge < -0.3 is 5.73 Å². The van der Waals surface area contributed by atoms with E-state index in [4.69, 9.17) is 5.73 Å². The first-order valence-electron chi connectivity index (χ1n) is 5.76. The lowest BCUT2D eigenvalue weighted by molar-refractivity contribution is 0.102. The van der Waals surface area contributed by atoms with Crippen LogP contribution >= 0.6 is 11.3 Å². The third-order valence-corrected chi connectivity index (χ3v) is 3.12. The van der Waals surface area contributed by atoms with Crippen molar-refractivity contribution in [2.24, 2.45) is 0 Å². The Morgan fingerprint density at radius 3 is 2.47 bits per heavy atom. The van der Waals surface area contributed by atoms with Gasteiger partial charge in [-0.2, -0.15) is 0 Å². The second-order valence-corrected chi connectivity index (χ2v) is 4.64. The van der Waals surface area contributed by atoms with Crippen LogP contribution in [0, 0.1) is 0 Å². The molecule has 0 aliphatic carbocycles. The fourth-order valence-electron chi connectivity index (χ4n) is 1.47. The molecule has 0 aliphatic heterocycles. The summed E-state index contributed by atoms with van der Waals surface area (Å²) in [7, 11) is 0. The van der Waals surface area contributed by atoms with Gasteiger partial charge in [-0.15, -0.1) is 20.4 Å². The van der Waals surface area contributed by atoms with Crippen LogP contribution in [0.5, 0.6) is 0 Å². The van der Waals surface area contributed by atoms with E-state index in [0.717, 1.165) is 35.6 Å². The molecule has 0 atom stereocenters. The van der Waals surface area contributed by atoms with Crippen molar-refractivity contribution in [2.75, 3.05) is 11.1 Å². The van der Waals surface area contributed by atoms with Crippen LogP contribution in [-0.2, 0) is 12.8 Å². The van der Waals surface area contributed by atoms with Crippen molar-refractivity contribution < 1.29 is 4.79 Å². The molecule has 8 nitrogen and oxygen atoms in total. The van der Waals surface area contributed by atoms with E-state index in [0.29, 0.717) is 0 Å². The van der Waals surface area contributed by atoms with Gasteiger partial charge in [-0.05, 0) is 12.8 Å². The maximum absolute atomic E-state index is 11.8. The summed E-state index contributed by atoms with van der Waals surface area (Å²) in [6.07, 6.45) is 1.48. The summed E-state index contributed by atoms with van der Waals surface area (Å²) in [4.78, 5) is 16.1. The molecule has 3 N–H and O–H groups in total. The summed E-state index contributed by atoms with van der Waals surface area (Å²) in [6, 6.07) is 0. The lowest BCUT2D eigenvalue weighted by atomic mass is 10.2. The van der Waals surface area contributed by atoms with E-state index >= 15 is 0 Å². The Labute approximate surface area is 113 Å². The first-order chi connectivity index (χ1) is 9.13. The molecular weight excluding hydrogens is 266 g/mol. The minimum atomic E-state index is -0.442. The number of nitrogens with zero attached hydrogens (tertiary/aromatic N) is 5. The van der Waals surface area contributed by atoms with Crippen LogP contribution in [0.2, 0.25) is 0 Å². The second-order valence-electron chi connectivity index (χ2n) is 3.64. The van der Waals surface area contributed by atoms with Gasteiger partial charge in [0.25, 0.3) is 5.91 Å². The van der Waals surface area contributed by atoms with Crippen LogP contribution in [0.4, 0.5) is 11.1 Å². The number of aromatic nitrogens is 5. The number of nitrogens with two attached hydrogens (primary N) is 1. The number of aryl methyl sites for hydroxylation is 2. The summed E-state index contributed by atoms with van der Waals surface area (Å²) >= 11 is 1.00. The molecule has 0 bridgehead atoms. The minimum absolute atomic E-state index is 0.160. The summed E-state index contributed by atoms with van der Waals surface area (Å²) in [5, 5.41) is 18.0. The normalized spacial score (nSPS) is 10.4. The van der Waals surface area contributed by atoms with Crippen LogP contribution in [0.3, 0.4) is 0 Å². The van der Waals surface area contributed by atoms with Gasteiger partial charge in [0.2, 0.25) is 16.1 Å². The van der Waals surface area contributed by atoms with Gasteiger partial charge >= 0.3 is 0 Å². The van der Waals surface area contributed by atoms with Crippen LogP contribution in [-0.4, -0.2) is 31.3 Å². The smallest absolute Gasteiger partial charge is 0.289 e. The van der Waals surface area contributed by atoms with Gasteiger partial charge in [0.1, 0.15) is 0 Å². The largest absolute Gasteiger partial charge is 0.374 e. The Morgan fingerprint density at radius 2 is 1.89 bits per heavy atom. The zero-order valence-corrected chi connectivity index (χ0v) is 11.4. The number of anilines is 2. The Morgan fingerprint density at radius 1 is 1.16 bits per heavy atom. The fourth-order valence-corrected chi connectivity index (χ4v) is 1.98. The van der Waals surface area contributed by atoms with E-state index in [1.165, 1.54) is 0 Å². The number of carbonyl (C=O) groups excluding carboxylic acids is 1. The van der Waals surface area contributed by atoms with E-state index in [1.54, 1.807) is 0 Å². The van der Waals surface area contributed by atoms with E-state index in [1.807, 2.05) is 13.8 Å². The molecule has 0 fully saturated rings. The van der Waals surface area contributed by atoms with Gasteiger partial charge in [-0.1, -0.05) is 25.2 Å². The molecule has 0 saturated carbocycles. The highest BCUT2D eigenvalue weighted by molar-refractivity contribution is 7.16. The average molecular weight is 279 g/mol. The molecule has 19 heavy (non-hydrogen) atoms. The van der Waals surface area contributed by atoms with Crippen LogP contribution in [0.1, 0.15) is 35.0 Å². The monoisotopic (exact) mass is 279 g/mol. The molecule has 2 rings (SSSR count). The van der Waals surface area contributed by atoms with E-state index in [9.17, 15) is 4.79 Å². The summed E-state index contributed by atoms with van der Waals surface area (Å²) in [6.45, 7) is 3.95. The highest BCUT2D eigenvalue weighted by Crippen LogP contribution is 2.13. The Bertz CT molecular complexity index is 597. The third-order valence-electron chi connectivity index (χ3n) is 2.37. The number of hydrogen-bond donors (Lipinski definition) is 2. The number of amides is 1. The van der Waals surface area contributed by atoms with Crippen molar-refractivity contribution in [2.45, 2.75) is 26.7 Å². The molecule has 0 radical (unpaired) electrons. The molecule has 2 aromatic rings. The van der Waals surface area contributed by atoms with Crippen molar-refractivity contribution in [3.63, 3.8) is 0 Å². The summed E-state index contributed by atoms with van der Waals surface area (Å²) in [5.74, 6) is -0.282. The number of nitrogen functional groups attached to an aromatic ring is 1. The second kappa shape index (κ2) is 5.65. The van der Waals surface area contributed by atoms with E-state index < -0.39 is 5.91 Å². The zero-order chi connectivity index (χ0) is 13.8. The first-order valence-corrected chi connectivity index (χ1v) is 6.58. The predicted molar refractivity (Wildman–Crippen MR) is 70.9 cm³/mol. The quantitative estimate of drug-likeness (QED) is 0.844. The molecular formula is C10H13N7OS. The van der Waals surface area contributed by atoms with Crippen molar-refractivity contribution >= 4 is 28.3 Å². The van der Waals surface area contributed by atoms with E-state index in [2.05, 4.69) is 30.7 Å². The molecule has 100 valence electrons. The molecule has 2 heterocycles. The van der Waals surface area contributed by atoms with E-state index in [-0.39, 0.29) is 16.1 Å². The molecule has 1 amide bonds. The summed E-state index contributed by atoms with van der Waals surface area (Å²) in [5.41, 5.74) is 7.07. The predicted octanol–water partition coefficient (Wildman–Crippen LogP) is 0.682. The summed E-state index contributed by atoms with van der Waals surface area (Å²) < 4.78 is 0. The molecule has 0 aromatic carbocycles. The standard InChI is InChI=1S/C10H13N7OS/c1-3-5-6(4-2)14-17-10(12-5)13-7(18)8-15-16-9(11)19-8/h3-4H2,1-2H3,(H2,11,16)(H,12,13,17,18).